The van der Waals surface area contributed by atoms with Crippen LogP contribution in [-0.4, -0.2) is 51.9 Å². The van der Waals surface area contributed by atoms with Gasteiger partial charge >= 0.3 is 0 Å². The second-order valence-electron chi connectivity index (χ2n) is 7.95. The van der Waals surface area contributed by atoms with Crippen LogP contribution in [0.2, 0.25) is 5.02 Å². The van der Waals surface area contributed by atoms with Crippen molar-refractivity contribution in [2.24, 2.45) is 7.05 Å². The summed E-state index contributed by atoms with van der Waals surface area (Å²) in [4.78, 5) is 14.5. The van der Waals surface area contributed by atoms with Gasteiger partial charge in [-0.05, 0) is 36.6 Å². The average Bonchev–Trinajstić information content (AvgIpc) is 3.51. The Bertz CT molecular complexity index is 1090. The summed E-state index contributed by atoms with van der Waals surface area (Å²) in [7, 11) is 1.98. The Morgan fingerprint density at radius 1 is 1.06 bits per heavy atom. The van der Waals surface area contributed by atoms with Crippen LogP contribution in [0.25, 0.3) is 11.4 Å². The van der Waals surface area contributed by atoms with Gasteiger partial charge in [-0.25, -0.2) is 0 Å². The van der Waals surface area contributed by atoms with Crippen molar-refractivity contribution in [3.8, 4) is 11.4 Å². The van der Waals surface area contributed by atoms with Crippen molar-refractivity contribution in [1.82, 2.24) is 19.7 Å². The standard InChI is InChI=1S/C23H23ClN4O2.ClH/c1-27-20(25-26-22(27)23(9-10-23)17-5-3-2-4-6-17)18-8-7-16(15-19(18)24)21(29)28-11-13-30-14-12-28;/h2-8,15H,9-14H2,1H3;1H. The lowest BCUT2D eigenvalue weighted by molar-refractivity contribution is 0.0303. The van der Waals surface area contributed by atoms with Gasteiger partial charge in [-0.1, -0.05) is 41.9 Å². The first-order chi connectivity index (χ1) is 14.6. The van der Waals surface area contributed by atoms with Crippen LogP contribution in [0.4, 0.5) is 0 Å². The van der Waals surface area contributed by atoms with Crippen LogP contribution in [0.1, 0.15) is 34.6 Å². The fraction of sp³-hybridized carbons (Fsp3) is 0.348. The number of hydrogen-bond donors (Lipinski definition) is 0. The molecule has 1 saturated heterocycles. The Balaban J connectivity index is 0.00000231. The molecule has 162 valence electrons. The summed E-state index contributed by atoms with van der Waals surface area (Å²) in [6, 6.07) is 15.9. The highest BCUT2D eigenvalue weighted by atomic mass is 35.5. The third-order valence-electron chi connectivity index (χ3n) is 6.13. The van der Waals surface area contributed by atoms with E-state index in [4.69, 9.17) is 16.3 Å². The molecule has 0 N–H and O–H groups in total. The number of carbonyl (C=O) groups excluding carboxylic acids is 1. The quantitative estimate of drug-likeness (QED) is 0.589. The fourth-order valence-electron chi connectivity index (χ4n) is 4.28. The lowest BCUT2D eigenvalue weighted by Crippen LogP contribution is -2.40. The molecule has 1 aromatic heterocycles. The van der Waals surface area contributed by atoms with Gasteiger partial charge in [0, 0.05) is 31.3 Å². The number of amides is 1. The van der Waals surface area contributed by atoms with Gasteiger partial charge < -0.3 is 14.2 Å². The van der Waals surface area contributed by atoms with Crippen molar-refractivity contribution in [3.63, 3.8) is 0 Å². The molecule has 1 amide bonds. The smallest absolute Gasteiger partial charge is 0.254 e. The molecule has 0 spiro atoms. The number of rotatable bonds is 4. The fourth-order valence-corrected chi connectivity index (χ4v) is 4.55. The van der Waals surface area contributed by atoms with Crippen molar-refractivity contribution < 1.29 is 9.53 Å². The Morgan fingerprint density at radius 2 is 1.77 bits per heavy atom. The number of benzene rings is 2. The number of aromatic nitrogens is 3. The molecule has 31 heavy (non-hydrogen) atoms. The molecule has 1 saturated carbocycles. The summed E-state index contributed by atoms with van der Waals surface area (Å²) in [5, 5.41) is 9.50. The van der Waals surface area contributed by atoms with Gasteiger partial charge in [0.1, 0.15) is 5.82 Å². The molecule has 6 nitrogen and oxygen atoms in total. The Morgan fingerprint density at radius 3 is 2.42 bits per heavy atom. The molecule has 8 heteroatoms. The third-order valence-corrected chi connectivity index (χ3v) is 6.45. The summed E-state index contributed by atoms with van der Waals surface area (Å²) < 4.78 is 7.36. The van der Waals surface area contributed by atoms with Gasteiger partial charge in [0.15, 0.2) is 5.82 Å². The molecular formula is C23H24Cl2N4O2. The molecule has 0 radical (unpaired) electrons. The highest BCUT2D eigenvalue weighted by Crippen LogP contribution is 2.53. The van der Waals surface area contributed by atoms with E-state index in [0.717, 1.165) is 24.2 Å². The van der Waals surface area contributed by atoms with Crippen molar-refractivity contribution in [2.75, 3.05) is 26.3 Å². The van der Waals surface area contributed by atoms with Crippen LogP contribution in [0.5, 0.6) is 0 Å². The second kappa shape index (κ2) is 8.61. The Kier molecular flexibility index (Phi) is 6.06. The summed E-state index contributed by atoms with van der Waals surface area (Å²) in [5.74, 6) is 1.64. The van der Waals surface area contributed by atoms with Crippen molar-refractivity contribution >= 4 is 29.9 Å². The number of hydrogen-bond acceptors (Lipinski definition) is 4. The Hall–Kier alpha value is -2.41. The first-order valence-electron chi connectivity index (χ1n) is 10.2. The van der Waals surface area contributed by atoms with Crippen molar-refractivity contribution in [3.05, 3.63) is 70.5 Å². The van der Waals surface area contributed by atoms with E-state index in [2.05, 4.69) is 34.5 Å². The van der Waals surface area contributed by atoms with Crippen LogP contribution >= 0.6 is 24.0 Å². The molecule has 0 unspecified atom stereocenters. The molecule has 3 aromatic rings. The highest BCUT2D eigenvalue weighted by molar-refractivity contribution is 6.33. The van der Waals surface area contributed by atoms with E-state index in [1.54, 1.807) is 11.0 Å². The lowest BCUT2D eigenvalue weighted by atomic mass is 9.95. The number of nitrogens with zero attached hydrogens (tertiary/aromatic N) is 4. The normalized spacial score (nSPS) is 17.2. The first kappa shape index (κ1) is 21.8. The third kappa shape index (κ3) is 3.84. The van der Waals surface area contributed by atoms with Crippen LogP contribution in [-0.2, 0) is 17.2 Å². The lowest BCUT2D eigenvalue weighted by Gasteiger charge is -2.27. The van der Waals surface area contributed by atoms with Crippen LogP contribution in [0.3, 0.4) is 0 Å². The molecule has 0 atom stereocenters. The van der Waals surface area contributed by atoms with Crippen LogP contribution < -0.4 is 0 Å². The largest absolute Gasteiger partial charge is 0.378 e. The maximum absolute atomic E-state index is 12.7. The molecule has 1 aliphatic heterocycles. The summed E-state index contributed by atoms with van der Waals surface area (Å²) in [6.07, 6.45) is 2.12. The molecule has 0 bridgehead atoms. The maximum Gasteiger partial charge on any atom is 0.254 e. The van der Waals surface area contributed by atoms with Gasteiger partial charge in [0.05, 0.1) is 23.7 Å². The molecule has 2 heterocycles. The number of carbonyl (C=O) groups is 1. The predicted molar refractivity (Wildman–Crippen MR) is 122 cm³/mol. The number of ether oxygens (including phenoxy) is 1. The van der Waals surface area contributed by atoms with Gasteiger partial charge in [0.2, 0.25) is 0 Å². The number of morpholine rings is 1. The molecule has 2 aromatic carbocycles. The minimum atomic E-state index is -0.0695. The predicted octanol–water partition coefficient (Wildman–Crippen LogP) is 4.11. The van der Waals surface area contributed by atoms with E-state index in [1.807, 2.05) is 29.8 Å². The van der Waals surface area contributed by atoms with E-state index >= 15 is 0 Å². The SMILES string of the molecule is Cl.Cn1c(-c2ccc(C(=O)N3CCOCC3)cc2Cl)nnc1C1(c2ccccc2)CC1. The first-order valence-corrected chi connectivity index (χ1v) is 10.6. The zero-order chi connectivity index (χ0) is 20.7. The molecule has 1 aliphatic carbocycles. The molecular weight excluding hydrogens is 435 g/mol. The summed E-state index contributed by atoms with van der Waals surface area (Å²) >= 11 is 6.60. The van der Waals surface area contributed by atoms with Crippen molar-refractivity contribution in [1.29, 1.82) is 0 Å². The molecule has 5 rings (SSSR count). The molecule has 2 aliphatic rings. The maximum atomic E-state index is 12.7. The van der Waals surface area contributed by atoms with Gasteiger partial charge in [-0.2, -0.15) is 0 Å². The topological polar surface area (TPSA) is 60.2 Å². The van der Waals surface area contributed by atoms with Crippen LogP contribution in [0, 0.1) is 0 Å². The summed E-state index contributed by atoms with van der Waals surface area (Å²) in [5.41, 5.74) is 2.56. The second-order valence-corrected chi connectivity index (χ2v) is 8.36. The van der Waals surface area contributed by atoms with E-state index in [-0.39, 0.29) is 23.7 Å². The average molecular weight is 459 g/mol. The van der Waals surface area contributed by atoms with E-state index in [0.29, 0.717) is 42.7 Å². The Labute approximate surface area is 192 Å². The van der Waals surface area contributed by atoms with Gasteiger partial charge in [-0.3, -0.25) is 4.79 Å². The van der Waals surface area contributed by atoms with E-state index < -0.39 is 0 Å². The summed E-state index contributed by atoms with van der Waals surface area (Å²) in [6.45, 7) is 2.35. The molecule has 2 fully saturated rings. The van der Waals surface area contributed by atoms with Gasteiger partial charge in [0.25, 0.3) is 5.91 Å². The highest BCUT2D eigenvalue weighted by Gasteiger charge is 2.49. The van der Waals surface area contributed by atoms with E-state index in [1.165, 1.54) is 5.56 Å². The number of halogens is 2. The van der Waals surface area contributed by atoms with Crippen LogP contribution in [0.15, 0.2) is 48.5 Å². The minimum Gasteiger partial charge on any atom is -0.378 e. The van der Waals surface area contributed by atoms with Crippen molar-refractivity contribution in [2.45, 2.75) is 18.3 Å². The minimum absolute atomic E-state index is 0. The monoisotopic (exact) mass is 458 g/mol. The van der Waals surface area contributed by atoms with Gasteiger partial charge in [-0.15, -0.1) is 22.6 Å². The zero-order valence-electron chi connectivity index (χ0n) is 17.3. The zero-order valence-corrected chi connectivity index (χ0v) is 18.8. The van der Waals surface area contributed by atoms with E-state index in [9.17, 15) is 4.79 Å².